The van der Waals surface area contributed by atoms with Crippen molar-refractivity contribution in [2.75, 3.05) is 13.2 Å². The second-order valence-corrected chi connectivity index (χ2v) is 12.3. The third-order valence-corrected chi connectivity index (χ3v) is 8.78. The number of aliphatic hydroxyl groups excluding tert-OH is 1. The molecule has 0 aliphatic carbocycles. The molecule has 0 spiro atoms. The summed E-state index contributed by atoms with van der Waals surface area (Å²) in [6.07, 6.45) is -2.60. The van der Waals surface area contributed by atoms with E-state index in [9.17, 15) is 5.11 Å². The topological polar surface area (TPSA) is 60.4 Å². The third kappa shape index (κ3) is 9.70. The van der Waals surface area contributed by atoms with Gasteiger partial charge in [-0.25, -0.2) is 0 Å². The predicted octanol–water partition coefficient (Wildman–Crippen LogP) is 7.20. The first-order chi connectivity index (χ1) is 23.7. The molecule has 1 heterocycles. The van der Waals surface area contributed by atoms with Crippen LogP contribution < -0.4 is 0 Å². The summed E-state index contributed by atoms with van der Waals surface area (Å²) in [5.74, 6) is 0. The molecule has 1 aliphatic heterocycles. The molecule has 5 atom stereocenters. The van der Waals surface area contributed by atoms with Crippen LogP contribution in [0.4, 0.5) is 0 Å². The molecule has 248 valence electrons. The van der Waals surface area contributed by atoms with E-state index >= 15 is 0 Å². The quantitative estimate of drug-likeness (QED) is 0.130. The van der Waals surface area contributed by atoms with Crippen LogP contribution in [0.5, 0.6) is 0 Å². The Morgan fingerprint density at radius 2 is 0.833 bits per heavy atom. The highest BCUT2D eigenvalue weighted by Crippen LogP contribution is 2.30. The average molecular weight is 644 g/mol. The summed E-state index contributed by atoms with van der Waals surface area (Å²) in [7, 11) is 0. The maximum absolute atomic E-state index is 12.0. The monoisotopic (exact) mass is 643 g/mol. The third-order valence-electron chi connectivity index (χ3n) is 8.78. The number of rotatable bonds is 15. The van der Waals surface area contributed by atoms with Gasteiger partial charge in [-0.15, -0.1) is 0 Å². The Morgan fingerprint density at radius 3 is 1.29 bits per heavy atom. The summed E-state index contributed by atoms with van der Waals surface area (Å²) in [6.45, 7) is 2.90. The summed E-state index contributed by atoms with van der Waals surface area (Å²) in [6, 6.07) is 50.7. The van der Waals surface area contributed by atoms with Crippen LogP contribution in [0.2, 0.25) is 0 Å². The Bertz CT molecular complexity index is 1590. The molecule has 5 aromatic carbocycles. The van der Waals surface area contributed by atoms with Crippen LogP contribution >= 0.6 is 0 Å². The second-order valence-electron chi connectivity index (χ2n) is 12.3. The molecule has 0 radical (unpaired) electrons. The van der Waals surface area contributed by atoms with Crippen molar-refractivity contribution >= 4 is 0 Å². The number of likely N-dealkylation sites (tertiary alicyclic amines) is 1. The Labute approximate surface area is 284 Å². The summed E-state index contributed by atoms with van der Waals surface area (Å²) in [5, 5.41) is 12.0. The number of hydrogen-bond donors (Lipinski definition) is 1. The van der Waals surface area contributed by atoms with Crippen molar-refractivity contribution in [2.45, 2.75) is 63.4 Å². The van der Waals surface area contributed by atoms with Crippen molar-refractivity contribution in [1.82, 2.24) is 4.90 Å². The van der Waals surface area contributed by atoms with Crippen molar-refractivity contribution in [2.24, 2.45) is 0 Å². The van der Waals surface area contributed by atoms with Gasteiger partial charge in [-0.2, -0.15) is 0 Å². The molecule has 0 aromatic heterocycles. The zero-order valence-corrected chi connectivity index (χ0v) is 27.3. The van der Waals surface area contributed by atoms with Gasteiger partial charge in [0.2, 0.25) is 0 Å². The normalized spacial score (nSPS) is 21.5. The highest BCUT2D eigenvalue weighted by molar-refractivity contribution is 5.18. The average Bonchev–Trinajstić information content (AvgIpc) is 3.24. The van der Waals surface area contributed by atoms with E-state index in [0.717, 1.165) is 27.8 Å². The minimum atomic E-state index is -0.847. The smallest absolute Gasteiger partial charge is 0.114 e. The molecule has 5 aromatic rings. The lowest BCUT2D eigenvalue weighted by Crippen LogP contribution is -2.53. The second kappa shape index (κ2) is 17.9. The van der Waals surface area contributed by atoms with Gasteiger partial charge in [0.1, 0.15) is 18.3 Å². The number of aliphatic hydroxyl groups is 1. The van der Waals surface area contributed by atoms with E-state index in [2.05, 4.69) is 53.4 Å². The minimum absolute atomic E-state index is 0.252. The number of ether oxygens (including phenoxy) is 4. The molecule has 0 saturated carbocycles. The van der Waals surface area contributed by atoms with Gasteiger partial charge in [0.25, 0.3) is 0 Å². The van der Waals surface area contributed by atoms with Gasteiger partial charge in [0.15, 0.2) is 0 Å². The van der Waals surface area contributed by atoms with Gasteiger partial charge in [-0.3, -0.25) is 4.90 Å². The molecular formula is C42H45NO5. The molecule has 48 heavy (non-hydrogen) atoms. The summed E-state index contributed by atoms with van der Waals surface area (Å²) in [5.41, 5.74) is 5.37. The van der Waals surface area contributed by atoms with Crippen LogP contribution in [0, 0.1) is 0 Å². The van der Waals surface area contributed by atoms with Gasteiger partial charge < -0.3 is 24.1 Å². The van der Waals surface area contributed by atoms with Gasteiger partial charge in [-0.05, 0) is 27.8 Å². The van der Waals surface area contributed by atoms with E-state index in [1.54, 1.807) is 0 Å². The molecule has 3 unspecified atom stereocenters. The number of benzene rings is 5. The van der Waals surface area contributed by atoms with Crippen LogP contribution in [0.3, 0.4) is 0 Å². The van der Waals surface area contributed by atoms with Crippen molar-refractivity contribution in [1.29, 1.82) is 0 Å². The number of hydrogen-bond acceptors (Lipinski definition) is 6. The fourth-order valence-corrected chi connectivity index (χ4v) is 6.29. The highest BCUT2D eigenvalue weighted by atomic mass is 16.6. The fourth-order valence-electron chi connectivity index (χ4n) is 6.29. The first-order valence-electron chi connectivity index (χ1n) is 16.8. The van der Waals surface area contributed by atoms with Crippen molar-refractivity contribution in [3.05, 3.63) is 179 Å². The van der Waals surface area contributed by atoms with E-state index in [-0.39, 0.29) is 6.04 Å². The first-order valence-corrected chi connectivity index (χ1v) is 16.8. The zero-order valence-electron chi connectivity index (χ0n) is 27.3. The Morgan fingerprint density at radius 1 is 0.458 bits per heavy atom. The predicted molar refractivity (Wildman–Crippen MR) is 188 cm³/mol. The lowest BCUT2D eigenvalue weighted by Gasteiger charge is -2.38. The largest absolute Gasteiger partial charge is 0.389 e. The lowest BCUT2D eigenvalue weighted by atomic mass is 9.99. The first kappa shape index (κ1) is 33.7. The van der Waals surface area contributed by atoms with Crippen LogP contribution in [-0.4, -0.2) is 53.6 Å². The Hall–Kier alpha value is -4.14. The van der Waals surface area contributed by atoms with Gasteiger partial charge in [-0.1, -0.05) is 152 Å². The van der Waals surface area contributed by atoms with E-state index in [1.807, 2.05) is 103 Å². The van der Waals surface area contributed by atoms with Crippen LogP contribution in [0.1, 0.15) is 27.8 Å². The molecule has 6 nitrogen and oxygen atoms in total. The fraction of sp³-hybridized carbons (Fsp3) is 0.286. The van der Waals surface area contributed by atoms with Crippen molar-refractivity contribution in [3.63, 3.8) is 0 Å². The van der Waals surface area contributed by atoms with Crippen LogP contribution in [-0.2, 0) is 51.9 Å². The van der Waals surface area contributed by atoms with Crippen LogP contribution in [0.15, 0.2) is 152 Å². The van der Waals surface area contributed by atoms with E-state index in [0.29, 0.717) is 46.1 Å². The molecule has 1 aliphatic rings. The minimum Gasteiger partial charge on any atom is -0.389 e. The van der Waals surface area contributed by atoms with Crippen LogP contribution in [0.25, 0.3) is 0 Å². The molecule has 6 heteroatoms. The van der Waals surface area contributed by atoms with Gasteiger partial charge in [0.05, 0.1) is 45.2 Å². The van der Waals surface area contributed by atoms with Crippen molar-refractivity contribution in [3.8, 4) is 0 Å². The summed E-state index contributed by atoms with van der Waals surface area (Å²) >= 11 is 0. The zero-order chi connectivity index (χ0) is 32.8. The maximum atomic E-state index is 12.0. The molecule has 1 fully saturated rings. The molecule has 1 N–H and O–H groups in total. The Kier molecular flexibility index (Phi) is 12.6. The SMILES string of the molecule is OC1CN(Cc2ccccc2)C(COCc2ccccc2)[C@@H](OCc2ccccc2)[C@H](OCc2ccccc2)C1OCc1ccccc1. The number of β-amino-alcohol motifs (C(OH)–C–C–N with tert-alkyl or cyclic N) is 1. The molecule has 6 rings (SSSR count). The van der Waals surface area contributed by atoms with Gasteiger partial charge >= 0.3 is 0 Å². The molecule has 0 amide bonds. The van der Waals surface area contributed by atoms with E-state index in [4.69, 9.17) is 18.9 Å². The van der Waals surface area contributed by atoms with E-state index in [1.165, 1.54) is 0 Å². The van der Waals surface area contributed by atoms with E-state index < -0.39 is 24.4 Å². The molecule has 0 bridgehead atoms. The molecular weight excluding hydrogens is 598 g/mol. The summed E-state index contributed by atoms with van der Waals surface area (Å²) < 4.78 is 26.9. The standard InChI is InChI=1S/C42H45NO5/c44-39-27-43(26-33-16-6-1-7-17-33)38(32-45-28-34-18-8-2-9-19-34)40(46-29-35-20-10-3-11-21-35)42(48-31-37-24-14-5-15-25-37)41(39)47-30-36-22-12-4-13-23-36/h1-25,38-42,44H,26-32H2/t38?,39?,40-,41?,42+/m1/s1. The lowest BCUT2D eigenvalue weighted by molar-refractivity contribution is -0.179. The summed E-state index contributed by atoms with van der Waals surface area (Å²) in [4.78, 5) is 2.28. The highest BCUT2D eigenvalue weighted by Gasteiger charge is 2.47. The Balaban J connectivity index is 1.36. The van der Waals surface area contributed by atoms with Gasteiger partial charge in [0, 0.05) is 13.1 Å². The number of nitrogens with zero attached hydrogens (tertiary/aromatic N) is 1. The van der Waals surface area contributed by atoms with Crippen molar-refractivity contribution < 1.29 is 24.1 Å². The molecule has 1 saturated heterocycles. The maximum Gasteiger partial charge on any atom is 0.114 e.